The highest BCUT2D eigenvalue weighted by atomic mass is 35.5. The molecule has 39 heavy (non-hydrogen) atoms. The van der Waals surface area contributed by atoms with Crippen LogP contribution in [0.3, 0.4) is 0 Å². The van der Waals surface area contributed by atoms with Gasteiger partial charge in [-0.1, -0.05) is 25.4 Å². The lowest BCUT2D eigenvalue weighted by molar-refractivity contribution is 0.0694. The van der Waals surface area contributed by atoms with Crippen molar-refractivity contribution in [3.63, 3.8) is 0 Å². The van der Waals surface area contributed by atoms with E-state index in [1.54, 1.807) is 29.0 Å². The number of carboxylic acid groups (broad SMARTS) is 1. The highest BCUT2D eigenvalue weighted by Gasteiger charge is 2.29. The van der Waals surface area contributed by atoms with Crippen molar-refractivity contribution >= 4 is 17.6 Å². The maximum absolute atomic E-state index is 13.4. The van der Waals surface area contributed by atoms with Crippen LogP contribution in [0.25, 0.3) is 28.3 Å². The van der Waals surface area contributed by atoms with Crippen molar-refractivity contribution in [3.8, 4) is 28.3 Å². The minimum Gasteiger partial charge on any atom is -0.478 e. The van der Waals surface area contributed by atoms with Crippen LogP contribution in [-0.4, -0.2) is 45.8 Å². The molecule has 1 aliphatic heterocycles. The molecular weight excluding hydrogens is 522 g/mol. The summed E-state index contributed by atoms with van der Waals surface area (Å²) in [6, 6.07) is 10.1. The molecule has 0 unspecified atom stereocenters. The Morgan fingerprint density at radius 1 is 1.26 bits per heavy atom. The Balaban J connectivity index is 1.35. The summed E-state index contributed by atoms with van der Waals surface area (Å²) in [5, 5.41) is 21.5. The van der Waals surface area contributed by atoms with Crippen LogP contribution in [0.2, 0.25) is 5.02 Å². The second-order valence-corrected chi connectivity index (χ2v) is 10.4. The molecule has 1 atom stereocenters. The van der Waals surface area contributed by atoms with Crippen LogP contribution >= 0.6 is 11.6 Å². The predicted octanol–water partition coefficient (Wildman–Crippen LogP) is 4.56. The Kier molecular flexibility index (Phi) is 6.15. The number of carbonyl (C=O) groups is 1. The number of carboxylic acids is 1. The summed E-state index contributed by atoms with van der Waals surface area (Å²) in [6.45, 7) is 4.00. The summed E-state index contributed by atoms with van der Waals surface area (Å²) in [7, 11) is 0. The average Bonchev–Trinajstić information content (AvgIpc) is 3.69. The Labute approximate surface area is 227 Å². The number of aromatic carboxylic acids is 1. The van der Waals surface area contributed by atoms with Crippen LogP contribution < -0.4 is 5.56 Å². The van der Waals surface area contributed by atoms with Crippen molar-refractivity contribution in [2.45, 2.75) is 39.2 Å². The second-order valence-electron chi connectivity index (χ2n) is 9.95. The Bertz CT molecular complexity index is 1750. The summed E-state index contributed by atoms with van der Waals surface area (Å²) >= 11 is 6.30. The van der Waals surface area contributed by atoms with E-state index in [2.05, 4.69) is 25.5 Å². The van der Waals surface area contributed by atoms with Crippen molar-refractivity contribution in [2.24, 2.45) is 5.92 Å². The maximum Gasteiger partial charge on any atom is 0.339 e. The number of benzene rings is 1. The SMILES string of the molecule is CC(C)Cc1oc(-c2cnc([C@@H]3CCc4cc(-c5cc(Cl)ccc5-n5cnnn5)cc(=O)n43)[nH]2)cc1C(=O)O. The number of nitrogens with zero attached hydrogens (tertiary/aromatic N) is 6. The van der Waals surface area contributed by atoms with Gasteiger partial charge >= 0.3 is 5.97 Å². The first-order valence-electron chi connectivity index (χ1n) is 12.5. The van der Waals surface area contributed by atoms with Gasteiger partial charge in [0.05, 0.1) is 17.9 Å². The monoisotopic (exact) mass is 545 g/mol. The third-order valence-corrected chi connectivity index (χ3v) is 7.04. The number of furan rings is 1. The highest BCUT2D eigenvalue weighted by Crippen LogP contribution is 2.35. The predicted molar refractivity (Wildman–Crippen MR) is 142 cm³/mol. The lowest BCUT2D eigenvalue weighted by atomic mass is 10.0. The zero-order chi connectivity index (χ0) is 27.3. The number of pyridine rings is 1. The molecule has 0 amide bonds. The van der Waals surface area contributed by atoms with Gasteiger partial charge in [0.15, 0.2) is 5.76 Å². The molecule has 4 aromatic heterocycles. The Morgan fingerprint density at radius 2 is 2.10 bits per heavy atom. The van der Waals surface area contributed by atoms with E-state index in [0.29, 0.717) is 53.0 Å². The summed E-state index contributed by atoms with van der Waals surface area (Å²) in [4.78, 5) is 32.9. The van der Waals surface area contributed by atoms with E-state index in [4.69, 9.17) is 16.0 Å². The number of rotatable bonds is 7. The lowest BCUT2D eigenvalue weighted by Gasteiger charge is -2.15. The number of halogens is 1. The quantitative estimate of drug-likeness (QED) is 0.303. The van der Waals surface area contributed by atoms with Gasteiger partial charge in [-0.2, -0.15) is 4.68 Å². The van der Waals surface area contributed by atoms with E-state index in [-0.39, 0.29) is 23.1 Å². The fourth-order valence-electron chi connectivity index (χ4n) is 5.12. The number of aromatic amines is 1. The van der Waals surface area contributed by atoms with Gasteiger partial charge < -0.3 is 19.1 Å². The maximum atomic E-state index is 13.4. The van der Waals surface area contributed by atoms with Crippen LogP contribution in [-0.2, 0) is 12.8 Å². The van der Waals surface area contributed by atoms with Crippen LogP contribution in [0.1, 0.15) is 53.9 Å². The molecule has 0 fully saturated rings. The number of aromatic nitrogens is 7. The summed E-state index contributed by atoms with van der Waals surface area (Å²) in [6.07, 6.45) is 4.96. The number of H-pyrrole nitrogens is 1. The smallest absolute Gasteiger partial charge is 0.339 e. The third-order valence-electron chi connectivity index (χ3n) is 6.81. The van der Waals surface area contributed by atoms with E-state index in [0.717, 1.165) is 16.8 Å². The first kappa shape index (κ1) is 24.8. The number of nitrogens with one attached hydrogen (secondary N) is 1. The number of hydrogen-bond donors (Lipinski definition) is 2. The molecule has 5 aromatic rings. The minimum absolute atomic E-state index is 0.145. The molecule has 198 valence electrons. The zero-order valence-electron chi connectivity index (χ0n) is 21.1. The van der Waals surface area contributed by atoms with Crippen molar-refractivity contribution in [1.29, 1.82) is 0 Å². The van der Waals surface area contributed by atoms with E-state index in [1.165, 1.54) is 17.1 Å². The molecule has 12 heteroatoms. The molecule has 0 aliphatic carbocycles. The van der Waals surface area contributed by atoms with Crippen molar-refractivity contribution in [2.75, 3.05) is 0 Å². The molecule has 11 nitrogen and oxygen atoms in total. The summed E-state index contributed by atoms with van der Waals surface area (Å²) < 4.78 is 9.18. The third kappa shape index (κ3) is 4.54. The molecule has 5 heterocycles. The number of imidazole rings is 1. The van der Waals surface area contributed by atoms with Gasteiger partial charge in [-0.05, 0) is 59.0 Å². The Morgan fingerprint density at radius 3 is 2.85 bits per heavy atom. The average molecular weight is 546 g/mol. The van der Waals surface area contributed by atoms with Crippen LogP contribution in [0.5, 0.6) is 0 Å². The standard InChI is InChI=1S/C27H24ClN7O4/c1-14(2)7-23-19(27(37)38)11-24(39-23)20-12-29-26(31-20)22-6-4-17-8-15(9-25(36)35(17)22)18-10-16(28)3-5-21(18)34-13-30-32-33-34/h3,5,8-14,22H,4,6-7H2,1-2H3,(H,29,31)(H,37,38)/t22-/m0/s1. The van der Waals surface area contributed by atoms with E-state index >= 15 is 0 Å². The highest BCUT2D eigenvalue weighted by molar-refractivity contribution is 6.31. The molecule has 1 aliphatic rings. The van der Waals surface area contributed by atoms with Gasteiger partial charge in [-0.15, -0.1) is 5.10 Å². The topological polar surface area (TPSA) is 145 Å². The number of hydrogen-bond acceptors (Lipinski definition) is 7. The van der Waals surface area contributed by atoms with Crippen molar-refractivity contribution in [1.82, 2.24) is 34.7 Å². The normalized spacial score (nSPS) is 14.7. The summed E-state index contributed by atoms with van der Waals surface area (Å²) in [5.41, 5.74) is 3.56. The molecule has 0 spiro atoms. The fraction of sp³-hybridized carbons (Fsp3) is 0.259. The first-order chi connectivity index (χ1) is 18.8. The first-order valence-corrected chi connectivity index (χ1v) is 12.9. The number of tetrazole rings is 1. The van der Waals surface area contributed by atoms with E-state index in [1.807, 2.05) is 26.0 Å². The largest absolute Gasteiger partial charge is 0.478 e. The van der Waals surface area contributed by atoms with Gasteiger partial charge in [0, 0.05) is 34.8 Å². The lowest BCUT2D eigenvalue weighted by Crippen LogP contribution is -2.23. The molecule has 0 radical (unpaired) electrons. The fourth-order valence-corrected chi connectivity index (χ4v) is 5.29. The molecule has 6 rings (SSSR count). The van der Waals surface area contributed by atoms with Gasteiger partial charge in [-0.3, -0.25) is 4.79 Å². The van der Waals surface area contributed by atoms with Crippen LogP contribution in [0, 0.1) is 5.92 Å². The summed E-state index contributed by atoms with van der Waals surface area (Å²) in [5.74, 6) is 0.645. The van der Waals surface area contributed by atoms with E-state index in [9.17, 15) is 14.7 Å². The minimum atomic E-state index is -1.03. The number of aryl methyl sites for hydroxylation is 1. The number of fused-ring (bicyclic) bond motifs is 1. The van der Waals surface area contributed by atoms with Crippen molar-refractivity contribution in [3.05, 3.63) is 87.1 Å². The Hall–Kier alpha value is -4.51. The molecule has 0 saturated heterocycles. The van der Waals surface area contributed by atoms with Gasteiger partial charge in [-0.25, -0.2) is 9.78 Å². The van der Waals surface area contributed by atoms with E-state index < -0.39 is 5.97 Å². The molecule has 0 saturated carbocycles. The van der Waals surface area contributed by atoms with Gasteiger partial charge in [0.1, 0.15) is 29.2 Å². The van der Waals surface area contributed by atoms with Crippen LogP contribution in [0.15, 0.2) is 58.1 Å². The van der Waals surface area contributed by atoms with Crippen LogP contribution in [0.4, 0.5) is 0 Å². The van der Waals surface area contributed by atoms with Gasteiger partial charge in [0.2, 0.25) is 0 Å². The molecule has 1 aromatic carbocycles. The van der Waals surface area contributed by atoms with Crippen molar-refractivity contribution < 1.29 is 14.3 Å². The van der Waals surface area contributed by atoms with Gasteiger partial charge in [0.25, 0.3) is 5.56 Å². The molecule has 2 N–H and O–H groups in total. The molecule has 0 bridgehead atoms. The second kappa shape index (κ2) is 9.66. The zero-order valence-corrected chi connectivity index (χ0v) is 21.9. The molecular formula is C27H24ClN7O4.